The van der Waals surface area contributed by atoms with Crippen molar-refractivity contribution in [2.45, 2.75) is 25.9 Å². The first-order valence-electron chi connectivity index (χ1n) is 8.57. The molecule has 0 aliphatic rings. The van der Waals surface area contributed by atoms with Crippen molar-refractivity contribution < 1.29 is 9.18 Å². The van der Waals surface area contributed by atoms with E-state index >= 15 is 0 Å². The fraction of sp³-hybridized carbons (Fsp3) is 0.263. The highest BCUT2D eigenvalue weighted by molar-refractivity contribution is 7.12. The van der Waals surface area contributed by atoms with Crippen LogP contribution in [-0.2, 0) is 13.0 Å². The van der Waals surface area contributed by atoms with Crippen LogP contribution in [0.2, 0.25) is 5.02 Å². The van der Waals surface area contributed by atoms with E-state index in [0.717, 1.165) is 16.8 Å². The van der Waals surface area contributed by atoms with Gasteiger partial charge in [0.25, 0.3) is 5.91 Å². The predicted octanol–water partition coefficient (Wildman–Crippen LogP) is 3.72. The van der Waals surface area contributed by atoms with Crippen LogP contribution in [0.4, 0.5) is 4.39 Å². The van der Waals surface area contributed by atoms with Gasteiger partial charge in [-0.2, -0.15) is 5.10 Å². The van der Waals surface area contributed by atoms with Crippen LogP contribution in [0.15, 0.2) is 41.9 Å². The number of amides is 1. The lowest BCUT2D eigenvalue weighted by Crippen LogP contribution is -2.41. The van der Waals surface area contributed by atoms with Crippen LogP contribution in [0.5, 0.6) is 0 Å². The Kier molecular flexibility index (Phi) is 6.26. The van der Waals surface area contributed by atoms with Crippen molar-refractivity contribution in [1.29, 1.82) is 0 Å². The van der Waals surface area contributed by atoms with Gasteiger partial charge in [-0.25, -0.2) is 4.39 Å². The van der Waals surface area contributed by atoms with Crippen molar-refractivity contribution in [3.63, 3.8) is 0 Å². The molecule has 0 fully saturated rings. The first-order chi connectivity index (χ1) is 13.0. The van der Waals surface area contributed by atoms with E-state index in [9.17, 15) is 9.18 Å². The molecular formula is C19H20ClFN4OS. The lowest BCUT2D eigenvalue weighted by Gasteiger charge is -2.16. The monoisotopic (exact) mass is 406 g/mol. The number of thiophene rings is 1. The fourth-order valence-corrected chi connectivity index (χ4v) is 3.87. The smallest absolute Gasteiger partial charge is 0.261 e. The molecule has 0 saturated carbocycles. The van der Waals surface area contributed by atoms with Crippen LogP contribution in [0.1, 0.15) is 22.2 Å². The lowest BCUT2D eigenvalue weighted by atomic mass is 10.1. The van der Waals surface area contributed by atoms with E-state index in [1.165, 1.54) is 23.5 Å². The van der Waals surface area contributed by atoms with Gasteiger partial charge in [-0.05, 0) is 37.1 Å². The van der Waals surface area contributed by atoms with Crippen molar-refractivity contribution >= 4 is 28.8 Å². The van der Waals surface area contributed by atoms with Crippen molar-refractivity contribution in [3.8, 4) is 11.3 Å². The first-order valence-corrected chi connectivity index (χ1v) is 9.83. The van der Waals surface area contributed by atoms with Gasteiger partial charge in [-0.15, -0.1) is 11.3 Å². The number of aryl methyl sites for hydroxylation is 1. The van der Waals surface area contributed by atoms with E-state index in [1.54, 1.807) is 29.1 Å². The molecule has 2 aromatic heterocycles. The van der Waals surface area contributed by atoms with E-state index in [4.69, 9.17) is 17.3 Å². The van der Waals surface area contributed by atoms with Gasteiger partial charge < -0.3 is 11.1 Å². The number of nitrogens with zero attached hydrogens (tertiary/aromatic N) is 2. The molecule has 0 radical (unpaired) electrons. The zero-order valence-electron chi connectivity index (χ0n) is 14.8. The molecule has 27 heavy (non-hydrogen) atoms. The van der Waals surface area contributed by atoms with Crippen LogP contribution in [0, 0.1) is 5.82 Å². The molecule has 0 bridgehead atoms. The molecule has 0 unspecified atom stereocenters. The maximum absolute atomic E-state index is 13.0. The molecule has 3 rings (SSSR count). The topological polar surface area (TPSA) is 72.9 Å². The summed E-state index contributed by atoms with van der Waals surface area (Å²) >= 11 is 7.58. The lowest BCUT2D eigenvalue weighted by molar-refractivity contribution is 0.0942. The fourth-order valence-electron chi connectivity index (χ4n) is 2.82. The van der Waals surface area contributed by atoms with Gasteiger partial charge in [0, 0.05) is 30.1 Å². The standard InChI is InChI=1S/C19H20ClFN4OS/c1-2-25-18(16(20)10-23-25)13-8-17(27-11-13)19(26)24-15(9-22)7-12-3-5-14(21)6-4-12/h3-6,8,10-11,15H,2,7,9,22H2,1H3,(H,24,26)/t15-/m0/s1. The molecule has 8 heteroatoms. The highest BCUT2D eigenvalue weighted by atomic mass is 35.5. The summed E-state index contributed by atoms with van der Waals surface area (Å²) in [5.74, 6) is -0.481. The number of aromatic nitrogens is 2. The Bertz CT molecular complexity index is 922. The van der Waals surface area contributed by atoms with Crippen LogP contribution in [-0.4, -0.2) is 28.3 Å². The van der Waals surface area contributed by atoms with Crippen LogP contribution < -0.4 is 11.1 Å². The Morgan fingerprint density at radius 1 is 1.41 bits per heavy atom. The summed E-state index contributed by atoms with van der Waals surface area (Å²) in [6.45, 7) is 2.95. The van der Waals surface area contributed by atoms with Gasteiger partial charge in [0.15, 0.2) is 0 Å². The van der Waals surface area contributed by atoms with Crippen LogP contribution >= 0.6 is 22.9 Å². The van der Waals surface area contributed by atoms with E-state index < -0.39 is 0 Å². The Labute approximate surface area is 166 Å². The largest absolute Gasteiger partial charge is 0.347 e. The van der Waals surface area contributed by atoms with Gasteiger partial charge in [0.05, 0.1) is 21.8 Å². The minimum absolute atomic E-state index is 0.192. The van der Waals surface area contributed by atoms with Crippen molar-refractivity contribution in [2.75, 3.05) is 6.54 Å². The molecule has 1 atom stereocenters. The molecule has 0 aliphatic heterocycles. The summed E-state index contributed by atoms with van der Waals surface area (Å²) < 4.78 is 14.8. The van der Waals surface area contributed by atoms with E-state index in [-0.39, 0.29) is 24.3 Å². The molecule has 0 spiro atoms. The highest BCUT2D eigenvalue weighted by Crippen LogP contribution is 2.31. The maximum atomic E-state index is 13.0. The molecule has 3 N–H and O–H groups in total. The average molecular weight is 407 g/mol. The molecule has 0 aliphatic carbocycles. The molecule has 142 valence electrons. The third-order valence-corrected chi connectivity index (χ3v) is 5.41. The third-order valence-electron chi connectivity index (χ3n) is 4.21. The number of halogens is 2. The van der Waals surface area contributed by atoms with E-state index in [1.807, 2.05) is 12.3 Å². The number of nitrogens with two attached hydrogens (primary N) is 1. The first kappa shape index (κ1) is 19.5. The zero-order chi connectivity index (χ0) is 19.4. The number of rotatable bonds is 7. The molecule has 0 saturated heterocycles. The summed E-state index contributed by atoms with van der Waals surface area (Å²) in [5.41, 5.74) is 8.38. The number of nitrogens with one attached hydrogen (secondary N) is 1. The molecule has 3 aromatic rings. The van der Waals surface area contributed by atoms with Gasteiger partial charge in [-0.1, -0.05) is 23.7 Å². The van der Waals surface area contributed by atoms with Crippen molar-refractivity contribution in [1.82, 2.24) is 15.1 Å². The summed E-state index contributed by atoms with van der Waals surface area (Å²) in [5, 5.41) is 9.61. The van der Waals surface area contributed by atoms with Gasteiger partial charge in [-0.3, -0.25) is 9.48 Å². The minimum atomic E-state index is -0.289. The molecular weight excluding hydrogens is 387 g/mol. The van der Waals surface area contributed by atoms with E-state index in [2.05, 4.69) is 10.4 Å². The second-order valence-electron chi connectivity index (χ2n) is 6.09. The Morgan fingerprint density at radius 2 is 2.15 bits per heavy atom. The van der Waals surface area contributed by atoms with Crippen LogP contribution in [0.3, 0.4) is 0 Å². The normalized spacial score (nSPS) is 12.1. The maximum Gasteiger partial charge on any atom is 0.261 e. The summed E-state index contributed by atoms with van der Waals surface area (Å²) in [6, 6.07) is 7.76. The number of hydrogen-bond donors (Lipinski definition) is 2. The number of hydrogen-bond acceptors (Lipinski definition) is 4. The second-order valence-corrected chi connectivity index (χ2v) is 7.41. The molecule has 1 aromatic carbocycles. The summed E-state index contributed by atoms with van der Waals surface area (Å²) in [7, 11) is 0. The second kappa shape index (κ2) is 8.65. The quantitative estimate of drug-likeness (QED) is 0.628. The molecule has 5 nitrogen and oxygen atoms in total. The zero-order valence-corrected chi connectivity index (χ0v) is 16.4. The van der Waals surface area contributed by atoms with Crippen LogP contribution in [0.25, 0.3) is 11.3 Å². The van der Waals surface area contributed by atoms with Crippen molar-refractivity contribution in [2.24, 2.45) is 5.73 Å². The van der Waals surface area contributed by atoms with Gasteiger partial charge >= 0.3 is 0 Å². The summed E-state index contributed by atoms with van der Waals surface area (Å²) in [4.78, 5) is 13.2. The third kappa shape index (κ3) is 4.55. The van der Waals surface area contributed by atoms with Gasteiger partial charge in [0.2, 0.25) is 0 Å². The van der Waals surface area contributed by atoms with Gasteiger partial charge in [0.1, 0.15) is 5.82 Å². The Morgan fingerprint density at radius 3 is 2.81 bits per heavy atom. The number of benzene rings is 1. The average Bonchev–Trinajstić information content (AvgIpc) is 3.29. The van der Waals surface area contributed by atoms with E-state index in [0.29, 0.717) is 22.9 Å². The SMILES string of the molecule is CCn1ncc(Cl)c1-c1csc(C(=O)N[C@H](CN)Cc2ccc(F)cc2)c1. The summed E-state index contributed by atoms with van der Waals surface area (Å²) in [6.07, 6.45) is 2.14. The highest BCUT2D eigenvalue weighted by Gasteiger charge is 2.18. The van der Waals surface area contributed by atoms with Crippen molar-refractivity contribution in [3.05, 3.63) is 63.2 Å². The molecule has 2 heterocycles. The Hall–Kier alpha value is -2.22. The number of carbonyl (C=O) groups is 1. The Balaban J connectivity index is 1.71. The predicted molar refractivity (Wildman–Crippen MR) is 107 cm³/mol. The number of carbonyl (C=O) groups excluding carboxylic acids is 1. The minimum Gasteiger partial charge on any atom is -0.347 e. The molecule has 1 amide bonds.